The second-order valence-electron chi connectivity index (χ2n) is 7.60. The molecule has 0 spiro atoms. The topological polar surface area (TPSA) is 123 Å². The van der Waals surface area contributed by atoms with Gasteiger partial charge in [0.2, 0.25) is 5.91 Å². The summed E-state index contributed by atoms with van der Waals surface area (Å²) in [7, 11) is 1.52. The summed E-state index contributed by atoms with van der Waals surface area (Å²) < 4.78 is 3.32. The van der Waals surface area contributed by atoms with E-state index in [1.807, 2.05) is 11.5 Å². The maximum absolute atomic E-state index is 13.1. The van der Waals surface area contributed by atoms with E-state index in [0.717, 1.165) is 12.8 Å². The number of hydrogen-bond acceptors (Lipinski definition) is 6. The molecule has 1 fully saturated rings. The first-order valence-electron chi connectivity index (χ1n) is 10.5. The van der Waals surface area contributed by atoms with Crippen molar-refractivity contribution >= 4 is 40.0 Å². The molecule has 3 aromatic heterocycles. The van der Waals surface area contributed by atoms with Crippen molar-refractivity contribution in [3.63, 3.8) is 0 Å². The molecule has 10 nitrogen and oxygen atoms in total. The van der Waals surface area contributed by atoms with Crippen LogP contribution < -0.4 is 21.5 Å². The zero-order valence-electron chi connectivity index (χ0n) is 18.0. The molecule has 0 radical (unpaired) electrons. The van der Waals surface area contributed by atoms with Gasteiger partial charge in [-0.1, -0.05) is 6.08 Å². The molecule has 1 aliphatic rings. The second-order valence-corrected chi connectivity index (χ2v) is 7.60. The number of rotatable bonds is 8. The van der Waals surface area contributed by atoms with Gasteiger partial charge < -0.3 is 20.5 Å². The molecule has 166 valence electrons. The first-order valence-corrected chi connectivity index (χ1v) is 10.5. The molecule has 1 aliphatic carbocycles. The van der Waals surface area contributed by atoms with Crippen molar-refractivity contribution in [2.75, 3.05) is 17.7 Å². The van der Waals surface area contributed by atoms with Gasteiger partial charge in [-0.25, -0.2) is 9.97 Å². The van der Waals surface area contributed by atoms with Gasteiger partial charge >= 0.3 is 0 Å². The number of allylic oxidation sites excluding steroid dienone is 1. The van der Waals surface area contributed by atoms with Crippen LogP contribution in [0.5, 0.6) is 0 Å². The average molecular weight is 435 g/mol. The minimum Gasteiger partial charge on any atom is -0.355 e. The quantitative estimate of drug-likeness (QED) is 0.467. The number of fused-ring (bicyclic) bond motifs is 1. The van der Waals surface area contributed by atoms with Crippen molar-refractivity contribution in [1.82, 2.24) is 24.4 Å². The van der Waals surface area contributed by atoms with Gasteiger partial charge in [-0.15, -0.1) is 6.58 Å². The lowest BCUT2D eigenvalue weighted by Crippen LogP contribution is -2.21. The van der Waals surface area contributed by atoms with Crippen LogP contribution in [0.3, 0.4) is 0 Å². The number of aryl methyl sites for hydroxylation is 1. The van der Waals surface area contributed by atoms with Gasteiger partial charge in [0.15, 0.2) is 0 Å². The van der Waals surface area contributed by atoms with Crippen molar-refractivity contribution in [2.45, 2.75) is 32.9 Å². The summed E-state index contributed by atoms with van der Waals surface area (Å²) in [6, 6.07) is 1.59. The van der Waals surface area contributed by atoms with Gasteiger partial charge in [0.25, 0.3) is 11.5 Å². The number of pyridine rings is 1. The summed E-state index contributed by atoms with van der Waals surface area (Å²) >= 11 is 0. The van der Waals surface area contributed by atoms with E-state index >= 15 is 0 Å². The summed E-state index contributed by atoms with van der Waals surface area (Å²) in [5, 5.41) is 8.98. The maximum Gasteiger partial charge on any atom is 0.264 e. The fourth-order valence-corrected chi connectivity index (χ4v) is 3.48. The highest BCUT2D eigenvalue weighted by molar-refractivity contribution is 6.03. The van der Waals surface area contributed by atoms with Crippen molar-refractivity contribution in [1.29, 1.82) is 0 Å². The maximum atomic E-state index is 13.1. The molecule has 2 amide bonds. The molecule has 4 rings (SSSR count). The van der Waals surface area contributed by atoms with Crippen molar-refractivity contribution in [3.05, 3.63) is 53.4 Å². The van der Waals surface area contributed by atoms with Crippen LogP contribution in [0.4, 0.5) is 17.2 Å². The van der Waals surface area contributed by atoms with Gasteiger partial charge in [0, 0.05) is 44.5 Å². The Bertz CT molecular complexity index is 1270. The van der Waals surface area contributed by atoms with Crippen LogP contribution in [0, 0.1) is 5.92 Å². The zero-order chi connectivity index (χ0) is 22.8. The average Bonchev–Trinajstić information content (AvgIpc) is 3.58. The van der Waals surface area contributed by atoms with E-state index in [9.17, 15) is 14.4 Å². The monoisotopic (exact) mass is 435 g/mol. The van der Waals surface area contributed by atoms with Gasteiger partial charge in [-0.3, -0.25) is 19.0 Å². The Kier molecular flexibility index (Phi) is 5.76. The van der Waals surface area contributed by atoms with Crippen LogP contribution in [-0.2, 0) is 17.9 Å². The molecule has 0 unspecified atom stereocenters. The molecule has 0 atom stereocenters. The van der Waals surface area contributed by atoms with Crippen molar-refractivity contribution < 1.29 is 9.59 Å². The molecule has 0 aliphatic heterocycles. The Balaban J connectivity index is 1.81. The standard InChI is InChI=1S/C22H25N7O3/c1-4-8-29-11-16(18-19(29)25-12-28(5-2)22(18)32)26-15-9-17(27-20(30)13-6-7-13)24-10-14(15)21(31)23-3/h4,9-13H,1,5-8H2,2-3H3,(H,23,31)(H2,24,26,27,30). The van der Waals surface area contributed by atoms with Gasteiger partial charge in [-0.2, -0.15) is 0 Å². The van der Waals surface area contributed by atoms with Crippen LogP contribution in [0.25, 0.3) is 11.0 Å². The predicted molar refractivity (Wildman–Crippen MR) is 122 cm³/mol. The van der Waals surface area contributed by atoms with E-state index in [1.54, 1.807) is 18.3 Å². The molecule has 0 aromatic carbocycles. The lowest BCUT2D eigenvalue weighted by molar-refractivity contribution is -0.117. The molecule has 3 N–H and O–H groups in total. The molecule has 1 saturated carbocycles. The third-order valence-corrected chi connectivity index (χ3v) is 5.35. The Hall–Kier alpha value is -3.95. The third-order valence-electron chi connectivity index (χ3n) is 5.35. The molecule has 32 heavy (non-hydrogen) atoms. The smallest absolute Gasteiger partial charge is 0.264 e. The first-order chi connectivity index (χ1) is 15.5. The fourth-order valence-electron chi connectivity index (χ4n) is 3.48. The number of nitrogens with one attached hydrogen (secondary N) is 3. The Labute approximate surface area is 184 Å². The summed E-state index contributed by atoms with van der Waals surface area (Å²) in [4.78, 5) is 46.3. The highest BCUT2D eigenvalue weighted by Crippen LogP contribution is 2.31. The Morgan fingerprint density at radius 3 is 2.69 bits per heavy atom. The number of carbonyl (C=O) groups is 2. The molecule has 0 saturated heterocycles. The Morgan fingerprint density at radius 2 is 2.03 bits per heavy atom. The van der Waals surface area contributed by atoms with E-state index in [1.165, 1.54) is 24.1 Å². The number of aromatic nitrogens is 4. The lowest BCUT2D eigenvalue weighted by Gasteiger charge is -2.13. The summed E-state index contributed by atoms with van der Waals surface area (Å²) in [5.74, 6) is -0.0916. The summed E-state index contributed by atoms with van der Waals surface area (Å²) in [5.41, 5.74) is 1.51. The van der Waals surface area contributed by atoms with Crippen molar-refractivity contribution in [2.24, 2.45) is 5.92 Å². The van der Waals surface area contributed by atoms with E-state index in [4.69, 9.17) is 0 Å². The number of nitrogens with zero attached hydrogens (tertiary/aromatic N) is 4. The largest absolute Gasteiger partial charge is 0.355 e. The number of hydrogen-bond donors (Lipinski definition) is 3. The Morgan fingerprint density at radius 1 is 1.25 bits per heavy atom. The molecule has 3 heterocycles. The highest BCUT2D eigenvalue weighted by atomic mass is 16.2. The van der Waals surface area contributed by atoms with Gasteiger partial charge in [-0.05, 0) is 19.8 Å². The molecule has 3 aromatic rings. The summed E-state index contributed by atoms with van der Waals surface area (Å²) in [6.45, 7) is 6.57. The predicted octanol–water partition coefficient (Wildman–Crippen LogP) is 2.25. The van der Waals surface area contributed by atoms with Gasteiger partial charge in [0.05, 0.1) is 23.3 Å². The van der Waals surface area contributed by atoms with E-state index in [0.29, 0.717) is 41.3 Å². The molecule has 0 bridgehead atoms. The molecular weight excluding hydrogens is 410 g/mol. The van der Waals surface area contributed by atoms with Crippen LogP contribution in [0.1, 0.15) is 30.1 Å². The lowest BCUT2D eigenvalue weighted by atomic mass is 10.2. The van der Waals surface area contributed by atoms with E-state index < -0.39 is 0 Å². The SMILES string of the molecule is C=CCn1cc(Nc2cc(NC(=O)C3CC3)ncc2C(=O)NC)c2c(=O)n(CC)cnc21. The van der Waals surface area contributed by atoms with Crippen LogP contribution in [0.2, 0.25) is 0 Å². The fraction of sp³-hybridized carbons (Fsp3) is 0.318. The number of amides is 2. The molecule has 10 heteroatoms. The molecular formula is C22H25N7O3. The minimum atomic E-state index is -0.348. The normalized spacial score (nSPS) is 13.1. The minimum absolute atomic E-state index is 0.0160. The second kappa shape index (κ2) is 8.66. The first kappa shape index (κ1) is 21.3. The van der Waals surface area contributed by atoms with E-state index in [2.05, 4.69) is 32.5 Å². The highest BCUT2D eigenvalue weighted by Gasteiger charge is 2.30. The number of anilines is 3. The van der Waals surface area contributed by atoms with E-state index in [-0.39, 0.29) is 28.9 Å². The van der Waals surface area contributed by atoms with Crippen LogP contribution >= 0.6 is 0 Å². The third kappa shape index (κ3) is 3.98. The number of carbonyl (C=O) groups excluding carboxylic acids is 2. The summed E-state index contributed by atoms with van der Waals surface area (Å²) in [6.07, 6.45) is 8.12. The van der Waals surface area contributed by atoms with Crippen LogP contribution in [0.15, 0.2) is 42.2 Å². The van der Waals surface area contributed by atoms with Crippen LogP contribution in [-0.4, -0.2) is 38.0 Å². The zero-order valence-corrected chi connectivity index (χ0v) is 18.0. The van der Waals surface area contributed by atoms with Gasteiger partial charge in [0.1, 0.15) is 16.9 Å². The van der Waals surface area contributed by atoms with Crippen molar-refractivity contribution in [3.8, 4) is 0 Å².